The molecule has 3 nitrogen and oxygen atoms in total. The first kappa shape index (κ1) is 13.2. The Labute approximate surface area is 125 Å². The molecule has 1 aromatic carbocycles. The molecular weight excluding hydrogens is 264 g/mol. The van der Waals surface area contributed by atoms with Crippen LogP contribution in [0.3, 0.4) is 0 Å². The molecule has 0 aromatic heterocycles. The number of hydrogen-bond donors (Lipinski definition) is 0. The highest BCUT2D eigenvalue weighted by Gasteiger charge is 2.43. The van der Waals surface area contributed by atoms with E-state index in [-0.39, 0.29) is 6.10 Å². The first-order valence-corrected chi connectivity index (χ1v) is 7.84. The molecule has 3 unspecified atom stereocenters. The predicted molar refractivity (Wildman–Crippen MR) is 80.3 cm³/mol. The number of ether oxygens (including phenoxy) is 3. The molecule has 21 heavy (non-hydrogen) atoms. The number of benzene rings is 1. The molecule has 3 aliphatic rings. The van der Waals surface area contributed by atoms with Gasteiger partial charge in [-0.1, -0.05) is 31.6 Å². The van der Waals surface area contributed by atoms with Crippen molar-refractivity contribution in [3.8, 4) is 11.5 Å². The summed E-state index contributed by atoms with van der Waals surface area (Å²) in [7, 11) is 0. The van der Waals surface area contributed by atoms with Crippen molar-refractivity contribution in [2.24, 2.45) is 23.7 Å². The van der Waals surface area contributed by atoms with E-state index in [2.05, 4.69) is 39.0 Å². The lowest BCUT2D eigenvalue weighted by Gasteiger charge is -2.47. The van der Waals surface area contributed by atoms with E-state index in [1.807, 2.05) is 6.07 Å². The third-order valence-corrected chi connectivity index (χ3v) is 5.49. The fraction of sp³-hybridized carbons (Fsp3) is 0.556. The number of allylic oxidation sites excluding steroid dienone is 1. The Kier molecular flexibility index (Phi) is 3.00. The van der Waals surface area contributed by atoms with Crippen molar-refractivity contribution in [3.63, 3.8) is 0 Å². The zero-order valence-corrected chi connectivity index (χ0v) is 12.8. The summed E-state index contributed by atoms with van der Waals surface area (Å²) in [6, 6.07) is 6.21. The maximum absolute atomic E-state index is 6.26. The minimum Gasteiger partial charge on any atom is -0.454 e. The summed E-state index contributed by atoms with van der Waals surface area (Å²) in [6.07, 6.45) is 2.58. The summed E-state index contributed by atoms with van der Waals surface area (Å²) in [6.45, 7) is 8.11. The Balaban J connectivity index is 1.71. The van der Waals surface area contributed by atoms with Crippen LogP contribution in [0.4, 0.5) is 0 Å². The van der Waals surface area contributed by atoms with Gasteiger partial charge in [0.25, 0.3) is 0 Å². The lowest BCUT2D eigenvalue weighted by Crippen LogP contribution is -2.42. The molecule has 1 saturated heterocycles. The van der Waals surface area contributed by atoms with Crippen LogP contribution in [-0.4, -0.2) is 13.4 Å². The summed E-state index contributed by atoms with van der Waals surface area (Å²) in [5.41, 5.74) is 2.67. The van der Waals surface area contributed by atoms with Crippen LogP contribution in [0, 0.1) is 23.7 Å². The standard InChI is InChI=1S/C18H22O3/c1-10-6-11(2)17-12(3)14(10)8-19-18(17)13-4-5-15-16(7-13)21-9-20-15/h4-7,10,12,14,17-18H,8-9H2,1-3H3/t10?,12?,14-,17+,18?/m1/s1. The molecule has 5 atom stereocenters. The third kappa shape index (κ3) is 1.98. The van der Waals surface area contributed by atoms with E-state index in [0.717, 1.165) is 18.1 Å². The van der Waals surface area contributed by atoms with Crippen molar-refractivity contribution in [1.29, 1.82) is 0 Å². The van der Waals surface area contributed by atoms with Crippen LogP contribution < -0.4 is 9.47 Å². The van der Waals surface area contributed by atoms with Crippen LogP contribution in [-0.2, 0) is 4.74 Å². The zero-order chi connectivity index (χ0) is 14.6. The Morgan fingerprint density at radius 3 is 2.76 bits per heavy atom. The predicted octanol–water partition coefficient (Wildman–Crippen LogP) is 3.95. The molecule has 0 spiro atoms. The minimum absolute atomic E-state index is 0.134. The Hall–Kier alpha value is -1.48. The average Bonchev–Trinajstić information content (AvgIpc) is 2.91. The van der Waals surface area contributed by atoms with Gasteiger partial charge in [0.15, 0.2) is 11.5 Å². The van der Waals surface area contributed by atoms with Gasteiger partial charge in [0.2, 0.25) is 6.79 Å². The molecular formula is C18H22O3. The maximum atomic E-state index is 6.26. The molecule has 2 bridgehead atoms. The van der Waals surface area contributed by atoms with Gasteiger partial charge in [0, 0.05) is 5.92 Å². The van der Waals surface area contributed by atoms with Crippen LogP contribution >= 0.6 is 0 Å². The van der Waals surface area contributed by atoms with Crippen LogP contribution in [0.1, 0.15) is 32.4 Å². The fourth-order valence-corrected chi connectivity index (χ4v) is 4.34. The SMILES string of the molecule is CC1=CC(C)[C@H]2COC(c3ccc4c(c3)OCO4)[C@@H]1C2C. The molecule has 2 aliphatic heterocycles. The highest BCUT2D eigenvalue weighted by molar-refractivity contribution is 5.45. The van der Waals surface area contributed by atoms with E-state index >= 15 is 0 Å². The molecule has 0 N–H and O–H groups in total. The van der Waals surface area contributed by atoms with Gasteiger partial charge in [-0.05, 0) is 42.4 Å². The van der Waals surface area contributed by atoms with Gasteiger partial charge >= 0.3 is 0 Å². The van der Waals surface area contributed by atoms with Crippen molar-refractivity contribution >= 4 is 0 Å². The van der Waals surface area contributed by atoms with E-state index in [0.29, 0.717) is 30.5 Å². The molecule has 0 saturated carbocycles. The van der Waals surface area contributed by atoms with Gasteiger partial charge in [-0.3, -0.25) is 0 Å². The minimum atomic E-state index is 0.134. The van der Waals surface area contributed by atoms with E-state index < -0.39 is 0 Å². The van der Waals surface area contributed by atoms with Crippen molar-refractivity contribution in [3.05, 3.63) is 35.4 Å². The second kappa shape index (κ2) is 4.77. The quantitative estimate of drug-likeness (QED) is 0.732. The van der Waals surface area contributed by atoms with Crippen LogP contribution in [0.25, 0.3) is 0 Å². The fourth-order valence-electron chi connectivity index (χ4n) is 4.34. The second-order valence-electron chi connectivity index (χ2n) is 6.69. The molecule has 0 radical (unpaired) electrons. The smallest absolute Gasteiger partial charge is 0.231 e. The zero-order valence-electron chi connectivity index (χ0n) is 12.8. The summed E-state index contributed by atoms with van der Waals surface area (Å²) < 4.78 is 17.2. The third-order valence-electron chi connectivity index (χ3n) is 5.49. The first-order chi connectivity index (χ1) is 10.1. The molecule has 3 heteroatoms. The van der Waals surface area contributed by atoms with Gasteiger partial charge in [-0.25, -0.2) is 0 Å². The van der Waals surface area contributed by atoms with Crippen LogP contribution in [0.15, 0.2) is 29.8 Å². The average molecular weight is 286 g/mol. The Morgan fingerprint density at radius 1 is 1.10 bits per heavy atom. The van der Waals surface area contributed by atoms with E-state index in [4.69, 9.17) is 14.2 Å². The van der Waals surface area contributed by atoms with E-state index in [1.54, 1.807) is 0 Å². The summed E-state index contributed by atoms with van der Waals surface area (Å²) in [5.74, 6) is 4.08. The summed E-state index contributed by atoms with van der Waals surface area (Å²) in [4.78, 5) is 0. The largest absolute Gasteiger partial charge is 0.454 e. The van der Waals surface area contributed by atoms with E-state index in [1.165, 1.54) is 11.1 Å². The van der Waals surface area contributed by atoms with E-state index in [9.17, 15) is 0 Å². The molecule has 1 aliphatic carbocycles. The highest BCUT2D eigenvalue weighted by Crippen LogP contribution is 2.50. The molecule has 1 aromatic rings. The molecule has 4 rings (SSSR count). The summed E-state index contributed by atoms with van der Waals surface area (Å²) >= 11 is 0. The number of hydrogen-bond acceptors (Lipinski definition) is 3. The lowest BCUT2D eigenvalue weighted by molar-refractivity contribution is -0.0934. The molecule has 0 amide bonds. The van der Waals surface area contributed by atoms with Gasteiger partial charge < -0.3 is 14.2 Å². The van der Waals surface area contributed by atoms with Crippen LogP contribution in [0.2, 0.25) is 0 Å². The van der Waals surface area contributed by atoms with Crippen molar-refractivity contribution < 1.29 is 14.2 Å². The van der Waals surface area contributed by atoms with Crippen molar-refractivity contribution in [2.45, 2.75) is 26.9 Å². The van der Waals surface area contributed by atoms with Gasteiger partial charge in [0.1, 0.15) is 0 Å². The number of rotatable bonds is 1. The van der Waals surface area contributed by atoms with Gasteiger partial charge in [0.05, 0.1) is 12.7 Å². The monoisotopic (exact) mass is 286 g/mol. The van der Waals surface area contributed by atoms with Crippen molar-refractivity contribution in [1.82, 2.24) is 0 Å². The van der Waals surface area contributed by atoms with Crippen molar-refractivity contribution in [2.75, 3.05) is 13.4 Å². The highest BCUT2D eigenvalue weighted by atomic mass is 16.7. The number of fused-ring (bicyclic) bond motifs is 3. The molecule has 112 valence electrons. The first-order valence-electron chi connectivity index (χ1n) is 7.84. The Morgan fingerprint density at radius 2 is 1.90 bits per heavy atom. The normalized spacial score (nSPS) is 37.3. The summed E-state index contributed by atoms with van der Waals surface area (Å²) in [5, 5.41) is 0. The molecule has 2 heterocycles. The van der Waals surface area contributed by atoms with Gasteiger partial charge in [-0.2, -0.15) is 0 Å². The maximum Gasteiger partial charge on any atom is 0.231 e. The topological polar surface area (TPSA) is 27.7 Å². The Bertz CT molecular complexity index is 592. The second-order valence-corrected chi connectivity index (χ2v) is 6.69. The van der Waals surface area contributed by atoms with Gasteiger partial charge in [-0.15, -0.1) is 0 Å². The van der Waals surface area contributed by atoms with Crippen LogP contribution in [0.5, 0.6) is 11.5 Å². The molecule has 1 fully saturated rings. The lowest BCUT2D eigenvalue weighted by atomic mass is 9.64.